The zero-order chi connectivity index (χ0) is 35.2. The second kappa shape index (κ2) is 13.9. The number of halogens is 2. The molecule has 6 atom stereocenters. The molecule has 15 heteroatoms. The summed E-state index contributed by atoms with van der Waals surface area (Å²) in [5.74, 6) is -3.29. The second-order valence-corrected chi connectivity index (χ2v) is 19.5. The predicted octanol–water partition coefficient (Wildman–Crippen LogP) is 2.99. The number of nitrogens with one attached hydrogen (secondary N) is 4. The number of rotatable bonds is 12. The largest absolute Gasteiger partial charge is 0.349 e. The molecule has 12 nitrogen and oxygen atoms in total. The van der Waals surface area contributed by atoms with E-state index in [1.54, 1.807) is 20.8 Å². The van der Waals surface area contributed by atoms with E-state index in [0.717, 1.165) is 32.1 Å². The van der Waals surface area contributed by atoms with Gasteiger partial charge in [0.25, 0.3) is 5.91 Å². The van der Waals surface area contributed by atoms with Crippen LogP contribution in [0.25, 0.3) is 0 Å². The molecule has 2 heterocycles. The van der Waals surface area contributed by atoms with Crippen LogP contribution < -0.4 is 21.3 Å². The van der Waals surface area contributed by atoms with Crippen LogP contribution in [0.4, 0.5) is 4.79 Å². The van der Waals surface area contributed by atoms with Gasteiger partial charge in [0.2, 0.25) is 17.6 Å². The molecule has 3 saturated carbocycles. The molecule has 48 heavy (non-hydrogen) atoms. The van der Waals surface area contributed by atoms with Crippen molar-refractivity contribution in [1.82, 2.24) is 26.2 Å². The fourth-order valence-electron chi connectivity index (χ4n) is 8.12. The van der Waals surface area contributed by atoms with Crippen LogP contribution >= 0.6 is 23.2 Å². The average Bonchev–Trinajstić information content (AvgIpc) is 3.79. The molecule has 0 spiro atoms. The topological polar surface area (TPSA) is 171 Å². The Bertz CT molecular complexity index is 1410. The molecule has 0 radical (unpaired) electrons. The van der Waals surface area contributed by atoms with Crippen LogP contribution in [0, 0.1) is 23.2 Å². The lowest BCUT2D eigenvalue weighted by molar-refractivity contribution is -0.144. The van der Waals surface area contributed by atoms with Gasteiger partial charge in [-0.1, -0.05) is 59.8 Å². The normalized spacial score (nSPS) is 29.6. The maximum Gasteiger partial charge on any atom is 0.315 e. The van der Waals surface area contributed by atoms with Crippen LogP contribution in [0.3, 0.4) is 0 Å². The Morgan fingerprint density at radius 2 is 1.62 bits per heavy atom. The molecule has 5 fully saturated rings. The first-order valence-electron chi connectivity index (χ1n) is 17.5. The molecule has 5 aliphatic rings. The first-order chi connectivity index (χ1) is 22.4. The number of piperidine rings is 1. The van der Waals surface area contributed by atoms with E-state index in [-0.39, 0.29) is 18.2 Å². The minimum atomic E-state index is -3.37. The molecule has 4 N–H and O–H groups in total. The third-order valence-electron chi connectivity index (χ3n) is 11.0. The van der Waals surface area contributed by atoms with E-state index < -0.39 is 89.9 Å². The molecule has 2 aliphatic heterocycles. The fraction of sp³-hybridized carbons (Fsp3) is 0.848. The van der Waals surface area contributed by atoms with Gasteiger partial charge in [-0.3, -0.25) is 19.2 Å². The lowest BCUT2D eigenvalue weighted by Crippen LogP contribution is -2.65. The molecule has 5 rings (SSSR count). The number of urea groups is 1. The van der Waals surface area contributed by atoms with E-state index in [9.17, 15) is 32.4 Å². The number of ketones is 1. The number of nitrogens with zero attached hydrogens (tertiary/aromatic N) is 1. The van der Waals surface area contributed by atoms with Crippen molar-refractivity contribution in [2.24, 2.45) is 23.2 Å². The summed E-state index contributed by atoms with van der Waals surface area (Å²) < 4.78 is 24.8. The van der Waals surface area contributed by atoms with Gasteiger partial charge in [-0.2, -0.15) is 0 Å². The molecule has 0 aromatic rings. The number of sulfone groups is 1. The van der Waals surface area contributed by atoms with Gasteiger partial charge in [0, 0.05) is 24.9 Å². The monoisotopic (exact) mass is 731 g/mol. The highest BCUT2D eigenvalue weighted by Crippen LogP contribution is 2.65. The van der Waals surface area contributed by atoms with E-state index in [0.29, 0.717) is 45.1 Å². The summed E-state index contributed by atoms with van der Waals surface area (Å²) in [5.41, 5.74) is -1.72. The van der Waals surface area contributed by atoms with E-state index in [1.165, 1.54) is 4.90 Å². The third-order valence-corrected chi connectivity index (χ3v) is 14.5. The van der Waals surface area contributed by atoms with Gasteiger partial charge >= 0.3 is 6.03 Å². The Balaban J connectivity index is 1.34. The van der Waals surface area contributed by atoms with E-state index in [1.807, 2.05) is 6.92 Å². The smallest absolute Gasteiger partial charge is 0.315 e. The summed E-state index contributed by atoms with van der Waals surface area (Å²) in [5, 5.41) is 10.6. The molecule has 0 aromatic heterocycles. The Hall–Kier alpha value is -2.12. The fourth-order valence-corrected chi connectivity index (χ4v) is 11.3. The number of hydrogen-bond acceptors (Lipinski definition) is 7. The maximum atomic E-state index is 14.4. The van der Waals surface area contributed by atoms with Gasteiger partial charge in [-0.15, -0.1) is 23.2 Å². The Labute approximate surface area is 293 Å². The van der Waals surface area contributed by atoms with Crippen LogP contribution in [-0.4, -0.2) is 94.9 Å². The number of alkyl halides is 2. The zero-order valence-electron chi connectivity index (χ0n) is 28.4. The van der Waals surface area contributed by atoms with E-state index in [4.69, 9.17) is 23.2 Å². The number of fused-ring (bicyclic) bond motifs is 1. The molecule has 2 saturated heterocycles. The third kappa shape index (κ3) is 7.62. The highest BCUT2D eigenvalue weighted by molar-refractivity contribution is 7.92. The van der Waals surface area contributed by atoms with Crippen LogP contribution in [0.2, 0.25) is 0 Å². The van der Waals surface area contributed by atoms with Crippen LogP contribution in [0.1, 0.15) is 98.3 Å². The van der Waals surface area contributed by atoms with Crippen molar-refractivity contribution in [1.29, 1.82) is 0 Å². The quantitative estimate of drug-likeness (QED) is 0.177. The van der Waals surface area contributed by atoms with Crippen molar-refractivity contribution in [2.45, 2.75) is 132 Å². The Morgan fingerprint density at radius 1 is 0.958 bits per heavy atom. The summed E-state index contributed by atoms with van der Waals surface area (Å²) >= 11 is 13.1. The highest BCUT2D eigenvalue weighted by Gasteiger charge is 2.74. The molecule has 5 amide bonds. The van der Waals surface area contributed by atoms with Crippen molar-refractivity contribution < 1.29 is 32.4 Å². The van der Waals surface area contributed by atoms with Crippen molar-refractivity contribution in [3.8, 4) is 0 Å². The number of amides is 5. The second-order valence-electron chi connectivity index (χ2n) is 15.7. The molecule has 3 aliphatic carbocycles. The van der Waals surface area contributed by atoms with Gasteiger partial charge in [-0.25, -0.2) is 13.2 Å². The molecule has 270 valence electrons. The lowest BCUT2D eigenvalue weighted by atomic mass is 9.78. The summed E-state index contributed by atoms with van der Waals surface area (Å²) in [7, 11) is -3.37. The van der Waals surface area contributed by atoms with Crippen LogP contribution in [0.15, 0.2) is 0 Å². The molecule has 0 bridgehead atoms. The number of hydrogen-bond donors (Lipinski definition) is 4. The summed E-state index contributed by atoms with van der Waals surface area (Å²) in [4.78, 5) is 69.2. The lowest BCUT2D eigenvalue weighted by Gasteiger charge is -2.43. The Morgan fingerprint density at radius 3 is 2.19 bits per heavy atom. The first kappa shape index (κ1) is 37.1. The molecule has 0 aromatic carbocycles. The van der Waals surface area contributed by atoms with Crippen molar-refractivity contribution in [2.75, 3.05) is 18.8 Å². The molecular weight excluding hydrogens is 681 g/mol. The van der Waals surface area contributed by atoms with Gasteiger partial charge in [0.15, 0.2) is 9.84 Å². The SMILES string of the molecule is CCCNC(=O)C(=O)[C@H](CC1CC1)NC(=O)[C@@H]1[C@@H]2[C@H](CN1C(=O)[C@@H](NC(=O)NC1([C@@H]3CCCS3(=O)=O)CCCCC1)C(C)(C)C)C2(Cl)Cl. The number of likely N-dealkylation sites (tertiary alicyclic amines) is 1. The minimum Gasteiger partial charge on any atom is -0.349 e. The number of Topliss-reactive ketones (excluding diaryl/α,β-unsaturated/α-hetero) is 1. The summed E-state index contributed by atoms with van der Waals surface area (Å²) in [6.45, 7) is 7.67. The summed E-state index contributed by atoms with van der Waals surface area (Å²) in [6, 6.07) is -3.89. The van der Waals surface area contributed by atoms with Crippen molar-refractivity contribution in [3.05, 3.63) is 0 Å². The van der Waals surface area contributed by atoms with Crippen LogP contribution in [-0.2, 0) is 29.0 Å². The maximum absolute atomic E-state index is 14.4. The van der Waals surface area contributed by atoms with Crippen LogP contribution in [0.5, 0.6) is 0 Å². The number of carbonyl (C=O) groups is 5. The summed E-state index contributed by atoms with van der Waals surface area (Å²) in [6.07, 6.45) is 7.44. The molecule has 0 unspecified atom stereocenters. The minimum absolute atomic E-state index is 0.0763. The first-order valence-corrected chi connectivity index (χ1v) is 20.0. The molecular formula is C33H51Cl2N5O7S. The van der Waals surface area contributed by atoms with E-state index >= 15 is 0 Å². The van der Waals surface area contributed by atoms with Gasteiger partial charge < -0.3 is 26.2 Å². The number of carbonyl (C=O) groups excluding carboxylic acids is 5. The van der Waals surface area contributed by atoms with Crippen molar-refractivity contribution >= 4 is 62.6 Å². The predicted molar refractivity (Wildman–Crippen MR) is 182 cm³/mol. The standard InChI is InChI=1S/C33H51Cl2N5O7S/c1-5-15-36-28(43)25(41)21(17-19-11-12-19)37-27(42)24-23-20(33(23,34)35)18-40(24)29(44)26(31(2,3)4)38-30(45)39-32(13-7-6-8-14-32)22-10-9-16-48(22,46)47/h19-24,26H,5-18H2,1-4H3,(H,36,43)(H,37,42)(H2,38,39,45)/t20-,21-,22-,23-,24-,26+/m0/s1. The van der Waals surface area contributed by atoms with E-state index in [2.05, 4.69) is 21.3 Å². The van der Waals surface area contributed by atoms with Gasteiger partial charge in [0.1, 0.15) is 16.4 Å². The average molecular weight is 733 g/mol. The van der Waals surface area contributed by atoms with Crippen molar-refractivity contribution in [3.63, 3.8) is 0 Å². The van der Waals surface area contributed by atoms with Gasteiger partial charge in [-0.05, 0) is 49.9 Å². The van der Waals surface area contributed by atoms with Gasteiger partial charge in [0.05, 0.1) is 22.6 Å². The Kier molecular flexibility index (Phi) is 10.7. The zero-order valence-corrected chi connectivity index (χ0v) is 30.7. The highest BCUT2D eigenvalue weighted by atomic mass is 35.5.